The number of rotatable bonds is 3. The first-order valence-corrected chi connectivity index (χ1v) is 5.32. The molecule has 1 rings (SSSR count). The van der Waals surface area contributed by atoms with Crippen molar-refractivity contribution in [2.75, 3.05) is 0 Å². The third kappa shape index (κ3) is 4.73. The fourth-order valence-corrected chi connectivity index (χ4v) is 1.44. The molecule has 0 saturated heterocycles. The van der Waals surface area contributed by atoms with Gasteiger partial charge in [0.1, 0.15) is 0 Å². The van der Waals surface area contributed by atoms with Gasteiger partial charge in [-0.15, -0.1) is 13.2 Å². The molecule has 0 aliphatic heterocycles. The molecule has 0 aliphatic carbocycles. The molecule has 5 nitrogen and oxygen atoms in total. The Morgan fingerprint density at radius 1 is 1.47 bits per heavy atom. The number of hydrogen-bond donors (Lipinski definition) is 2. The van der Waals surface area contributed by atoms with Crippen LogP contribution < -0.4 is 15.9 Å². The molecule has 10 heteroatoms. The Kier molecular flexibility index (Phi) is 4.70. The maximum absolute atomic E-state index is 13.7. The third-order valence-electron chi connectivity index (χ3n) is 1.69. The van der Waals surface area contributed by atoms with Gasteiger partial charge in [0.05, 0.1) is 6.21 Å². The van der Waals surface area contributed by atoms with Gasteiger partial charge in [0, 0.05) is 10.0 Å². The molecule has 1 aromatic carbocycles. The van der Waals surface area contributed by atoms with E-state index in [9.17, 15) is 22.4 Å². The molecule has 0 aromatic heterocycles. The van der Waals surface area contributed by atoms with Crippen LogP contribution in [0.1, 0.15) is 5.56 Å². The van der Waals surface area contributed by atoms with Crippen molar-refractivity contribution >= 4 is 28.2 Å². The molecular formula is C9H6BrF4N3O2. The van der Waals surface area contributed by atoms with Crippen LogP contribution in [0.3, 0.4) is 0 Å². The molecule has 0 saturated carbocycles. The van der Waals surface area contributed by atoms with Gasteiger partial charge in [0.25, 0.3) is 0 Å². The number of nitrogens with one attached hydrogen (secondary N) is 1. The molecule has 0 aliphatic rings. The van der Waals surface area contributed by atoms with Crippen LogP contribution in [0.4, 0.5) is 22.4 Å². The zero-order valence-electron chi connectivity index (χ0n) is 8.96. The van der Waals surface area contributed by atoms with Crippen LogP contribution in [-0.4, -0.2) is 18.6 Å². The van der Waals surface area contributed by atoms with Crippen molar-refractivity contribution in [1.82, 2.24) is 5.43 Å². The smallest absolute Gasteiger partial charge is 0.403 e. The Morgan fingerprint density at radius 2 is 2.11 bits per heavy atom. The van der Waals surface area contributed by atoms with Crippen LogP contribution in [-0.2, 0) is 0 Å². The summed E-state index contributed by atoms with van der Waals surface area (Å²) in [5.41, 5.74) is 6.14. The molecule has 2 amide bonds. The highest BCUT2D eigenvalue weighted by Crippen LogP contribution is 2.30. The van der Waals surface area contributed by atoms with Crippen molar-refractivity contribution in [3.05, 3.63) is 28.0 Å². The Bertz CT molecular complexity index is 519. The van der Waals surface area contributed by atoms with Gasteiger partial charge in [0.2, 0.25) is 0 Å². The van der Waals surface area contributed by atoms with Crippen molar-refractivity contribution < 1.29 is 27.1 Å². The van der Waals surface area contributed by atoms with Crippen molar-refractivity contribution in [1.29, 1.82) is 0 Å². The topological polar surface area (TPSA) is 76.7 Å². The maximum Gasteiger partial charge on any atom is 0.573 e. The number of halogens is 5. The lowest BCUT2D eigenvalue weighted by molar-refractivity contribution is -0.275. The molecule has 0 atom stereocenters. The van der Waals surface area contributed by atoms with Gasteiger partial charge in [-0.05, 0) is 12.1 Å². The van der Waals surface area contributed by atoms with Crippen molar-refractivity contribution in [2.24, 2.45) is 10.8 Å². The maximum atomic E-state index is 13.7. The number of hydrogen-bond acceptors (Lipinski definition) is 3. The summed E-state index contributed by atoms with van der Waals surface area (Å²) in [6.07, 6.45) is -4.23. The number of ether oxygens (including phenoxy) is 1. The first-order chi connectivity index (χ1) is 8.70. The molecule has 0 radical (unpaired) electrons. The zero-order chi connectivity index (χ0) is 14.6. The van der Waals surface area contributed by atoms with E-state index in [0.717, 1.165) is 18.3 Å². The average molecular weight is 344 g/mol. The van der Waals surface area contributed by atoms with Crippen LogP contribution in [0.25, 0.3) is 0 Å². The predicted octanol–water partition coefficient (Wildman–Crippen LogP) is 2.49. The lowest BCUT2D eigenvalue weighted by Crippen LogP contribution is -2.24. The standard InChI is InChI=1S/C9H6BrF4N3O2/c10-5-1-2-6(19-9(12,13)14)7(11)4(5)3-16-17-8(15)18/h1-3H,(H3,15,17,18). The van der Waals surface area contributed by atoms with Crippen LogP contribution in [0.2, 0.25) is 0 Å². The lowest BCUT2D eigenvalue weighted by atomic mass is 10.2. The molecule has 0 unspecified atom stereocenters. The molecule has 104 valence electrons. The van der Waals surface area contributed by atoms with Crippen molar-refractivity contribution in [3.8, 4) is 5.75 Å². The zero-order valence-corrected chi connectivity index (χ0v) is 10.5. The minimum Gasteiger partial charge on any atom is -0.403 e. The average Bonchev–Trinajstić information content (AvgIpc) is 2.25. The highest BCUT2D eigenvalue weighted by molar-refractivity contribution is 9.10. The Hall–Kier alpha value is -1.84. The van der Waals surface area contributed by atoms with Gasteiger partial charge in [-0.2, -0.15) is 5.10 Å². The van der Waals surface area contributed by atoms with E-state index in [2.05, 4.69) is 25.8 Å². The Labute approximate surface area is 112 Å². The van der Waals surface area contributed by atoms with Gasteiger partial charge >= 0.3 is 12.4 Å². The van der Waals surface area contributed by atoms with Gasteiger partial charge in [-0.3, -0.25) is 0 Å². The highest BCUT2D eigenvalue weighted by atomic mass is 79.9. The van der Waals surface area contributed by atoms with E-state index in [1.807, 2.05) is 0 Å². The molecule has 3 N–H and O–H groups in total. The highest BCUT2D eigenvalue weighted by Gasteiger charge is 2.33. The van der Waals surface area contributed by atoms with E-state index in [-0.39, 0.29) is 10.0 Å². The first kappa shape index (κ1) is 15.2. The third-order valence-corrected chi connectivity index (χ3v) is 2.38. The Balaban J connectivity index is 3.07. The minimum atomic E-state index is -5.02. The second-order valence-corrected chi connectivity index (χ2v) is 3.91. The largest absolute Gasteiger partial charge is 0.573 e. The molecule has 0 fully saturated rings. The molecular weight excluding hydrogens is 338 g/mol. The quantitative estimate of drug-likeness (QED) is 0.502. The van der Waals surface area contributed by atoms with Gasteiger partial charge in [0.15, 0.2) is 11.6 Å². The number of alkyl halides is 3. The molecule has 0 heterocycles. The summed E-state index contributed by atoms with van der Waals surface area (Å²) >= 11 is 2.92. The van der Waals surface area contributed by atoms with Crippen LogP contribution in [0.5, 0.6) is 5.75 Å². The number of nitrogens with zero attached hydrogens (tertiary/aromatic N) is 1. The van der Waals surface area contributed by atoms with E-state index in [4.69, 9.17) is 5.73 Å². The summed E-state index contributed by atoms with van der Waals surface area (Å²) in [7, 11) is 0. The number of urea groups is 1. The monoisotopic (exact) mass is 343 g/mol. The van der Waals surface area contributed by atoms with E-state index < -0.39 is 24.0 Å². The van der Waals surface area contributed by atoms with Gasteiger partial charge < -0.3 is 10.5 Å². The number of nitrogens with two attached hydrogens (primary N) is 1. The summed E-state index contributed by atoms with van der Waals surface area (Å²) in [6.45, 7) is 0. The second kappa shape index (κ2) is 5.87. The van der Waals surface area contributed by atoms with E-state index in [1.54, 1.807) is 5.43 Å². The number of carbonyl (C=O) groups is 1. The van der Waals surface area contributed by atoms with Crippen LogP contribution in [0, 0.1) is 5.82 Å². The predicted molar refractivity (Wildman–Crippen MR) is 61.1 cm³/mol. The molecule has 0 bridgehead atoms. The Morgan fingerprint density at radius 3 is 2.63 bits per heavy atom. The number of hydrazone groups is 1. The van der Waals surface area contributed by atoms with Gasteiger partial charge in [-0.1, -0.05) is 15.9 Å². The number of carbonyl (C=O) groups excluding carboxylic acids is 1. The number of benzene rings is 1. The summed E-state index contributed by atoms with van der Waals surface area (Å²) in [4.78, 5) is 10.3. The summed E-state index contributed by atoms with van der Waals surface area (Å²) < 4.78 is 53.3. The van der Waals surface area contributed by atoms with Crippen molar-refractivity contribution in [2.45, 2.75) is 6.36 Å². The summed E-state index contributed by atoms with van der Waals surface area (Å²) in [5.74, 6) is -2.31. The van der Waals surface area contributed by atoms with E-state index >= 15 is 0 Å². The normalized spacial score (nSPS) is 11.6. The summed E-state index contributed by atoms with van der Waals surface area (Å²) in [6, 6.07) is 0.928. The molecule has 19 heavy (non-hydrogen) atoms. The lowest BCUT2D eigenvalue weighted by Gasteiger charge is -2.11. The summed E-state index contributed by atoms with van der Waals surface area (Å²) in [5, 5.41) is 3.24. The van der Waals surface area contributed by atoms with Crippen molar-refractivity contribution in [3.63, 3.8) is 0 Å². The minimum absolute atomic E-state index is 0.120. The fourth-order valence-electron chi connectivity index (χ4n) is 1.03. The van der Waals surface area contributed by atoms with Crippen LogP contribution >= 0.6 is 15.9 Å². The van der Waals surface area contributed by atoms with E-state index in [1.165, 1.54) is 0 Å². The SMILES string of the molecule is NC(=O)NN=Cc1c(Br)ccc(OC(F)(F)F)c1F. The van der Waals surface area contributed by atoms with Gasteiger partial charge in [-0.25, -0.2) is 14.6 Å². The molecule has 0 spiro atoms. The molecule has 1 aromatic rings. The second-order valence-electron chi connectivity index (χ2n) is 3.06. The first-order valence-electron chi connectivity index (χ1n) is 4.53. The number of amides is 2. The van der Waals surface area contributed by atoms with Crippen LogP contribution in [0.15, 0.2) is 21.7 Å². The van der Waals surface area contributed by atoms with E-state index in [0.29, 0.717) is 0 Å². The number of primary amides is 1. The fraction of sp³-hybridized carbons (Fsp3) is 0.111.